The number of hydrogen-bond donors (Lipinski definition) is 3. The molecule has 0 aromatic heterocycles. The molecule has 1 fully saturated rings. The second-order valence-electron chi connectivity index (χ2n) is 4.73. The van der Waals surface area contributed by atoms with Crippen molar-refractivity contribution in [3.8, 4) is 0 Å². The van der Waals surface area contributed by atoms with E-state index in [1.807, 2.05) is 0 Å². The van der Waals surface area contributed by atoms with Crippen LogP contribution in [0.5, 0.6) is 0 Å². The molecule has 0 aliphatic heterocycles. The van der Waals surface area contributed by atoms with Crippen molar-refractivity contribution in [2.45, 2.75) is 45.2 Å². The first-order valence-corrected chi connectivity index (χ1v) is 5.75. The predicted octanol–water partition coefficient (Wildman–Crippen LogP) is 0.262. The molecular weight excluding hydrogens is 192 g/mol. The number of nitrogens with one attached hydrogen (secondary N) is 2. The van der Waals surface area contributed by atoms with E-state index >= 15 is 0 Å². The van der Waals surface area contributed by atoms with Crippen LogP contribution in [-0.4, -0.2) is 36.2 Å². The second-order valence-corrected chi connectivity index (χ2v) is 4.73. The van der Waals surface area contributed by atoms with Crippen LogP contribution in [0.25, 0.3) is 0 Å². The van der Waals surface area contributed by atoms with Crippen LogP contribution < -0.4 is 10.6 Å². The largest absolute Gasteiger partial charge is 0.395 e. The summed E-state index contributed by atoms with van der Waals surface area (Å²) in [6, 6.07) is 0.451. The quantitative estimate of drug-likeness (QED) is 0.570. The number of carbonyl (C=O) groups is 1. The highest BCUT2D eigenvalue weighted by atomic mass is 16.3. The third-order valence-corrected chi connectivity index (χ3v) is 2.47. The molecule has 0 aromatic rings. The molecule has 0 saturated heterocycles. The summed E-state index contributed by atoms with van der Waals surface area (Å²) in [5, 5.41) is 15.1. The monoisotopic (exact) mass is 214 g/mol. The Kier molecular flexibility index (Phi) is 5.05. The van der Waals surface area contributed by atoms with Crippen molar-refractivity contribution in [1.29, 1.82) is 0 Å². The van der Waals surface area contributed by atoms with Gasteiger partial charge in [0.2, 0.25) is 5.91 Å². The van der Waals surface area contributed by atoms with Gasteiger partial charge in [-0.3, -0.25) is 4.79 Å². The van der Waals surface area contributed by atoms with E-state index in [-0.39, 0.29) is 18.6 Å². The van der Waals surface area contributed by atoms with Crippen LogP contribution in [0.3, 0.4) is 0 Å². The Hall–Kier alpha value is -0.610. The van der Waals surface area contributed by atoms with Gasteiger partial charge in [0, 0.05) is 12.1 Å². The fourth-order valence-corrected chi connectivity index (χ4v) is 1.53. The summed E-state index contributed by atoms with van der Waals surface area (Å²) in [5.41, 5.74) is 0. The van der Waals surface area contributed by atoms with Gasteiger partial charge >= 0.3 is 0 Å². The van der Waals surface area contributed by atoms with E-state index in [1.54, 1.807) is 0 Å². The Morgan fingerprint density at radius 1 is 1.47 bits per heavy atom. The molecule has 1 aliphatic carbocycles. The van der Waals surface area contributed by atoms with Crippen molar-refractivity contribution < 1.29 is 9.90 Å². The zero-order valence-electron chi connectivity index (χ0n) is 9.62. The molecular formula is C11H22N2O2. The lowest BCUT2D eigenvalue weighted by atomic mass is 10.0. The minimum absolute atomic E-state index is 0.0370. The average Bonchev–Trinajstić information content (AvgIpc) is 2.95. The molecule has 1 saturated carbocycles. The van der Waals surface area contributed by atoms with Gasteiger partial charge in [-0.05, 0) is 25.2 Å². The minimum Gasteiger partial charge on any atom is -0.395 e. The molecule has 0 aromatic carbocycles. The lowest BCUT2D eigenvalue weighted by molar-refractivity contribution is -0.120. The van der Waals surface area contributed by atoms with E-state index in [0.717, 1.165) is 19.3 Å². The molecule has 1 unspecified atom stereocenters. The summed E-state index contributed by atoms with van der Waals surface area (Å²) in [7, 11) is 0. The number of amides is 1. The summed E-state index contributed by atoms with van der Waals surface area (Å²) in [6.45, 7) is 4.62. The Morgan fingerprint density at radius 2 is 2.13 bits per heavy atom. The van der Waals surface area contributed by atoms with Gasteiger partial charge in [-0.1, -0.05) is 13.8 Å². The fraction of sp³-hybridized carbons (Fsp3) is 0.909. The fourth-order valence-electron chi connectivity index (χ4n) is 1.53. The van der Waals surface area contributed by atoms with Gasteiger partial charge in [0.05, 0.1) is 13.2 Å². The molecule has 1 amide bonds. The molecule has 15 heavy (non-hydrogen) atoms. The molecule has 0 spiro atoms. The molecule has 1 atom stereocenters. The van der Waals surface area contributed by atoms with Crippen LogP contribution in [0.15, 0.2) is 0 Å². The molecule has 4 heteroatoms. The minimum atomic E-state index is 0.0370. The van der Waals surface area contributed by atoms with E-state index in [9.17, 15) is 4.79 Å². The van der Waals surface area contributed by atoms with E-state index in [2.05, 4.69) is 24.5 Å². The number of carbonyl (C=O) groups excluding carboxylic acids is 1. The second kappa shape index (κ2) is 6.08. The van der Waals surface area contributed by atoms with Gasteiger partial charge in [-0.2, -0.15) is 0 Å². The van der Waals surface area contributed by atoms with Gasteiger partial charge in [0.25, 0.3) is 0 Å². The first kappa shape index (κ1) is 12.5. The van der Waals surface area contributed by atoms with Crippen LogP contribution in [0.1, 0.15) is 33.1 Å². The first-order chi connectivity index (χ1) is 7.11. The van der Waals surface area contributed by atoms with Crippen LogP contribution in [0, 0.1) is 5.92 Å². The van der Waals surface area contributed by atoms with Crippen LogP contribution in [0.4, 0.5) is 0 Å². The lowest BCUT2D eigenvalue weighted by Gasteiger charge is -2.17. The van der Waals surface area contributed by atoms with Gasteiger partial charge in [0.15, 0.2) is 0 Å². The number of rotatable bonds is 7. The number of aliphatic hydroxyl groups is 1. The number of aliphatic hydroxyl groups excluding tert-OH is 1. The third kappa shape index (κ3) is 5.74. The molecule has 0 radical (unpaired) electrons. The summed E-state index contributed by atoms with van der Waals surface area (Å²) >= 11 is 0. The highest BCUT2D eigenvalue weighted by molar-refractivity contribution is 5.78. The molecule has 88 valence electrons. The van der Waals surface area contributed by atoms with Crippen molar-refractivity contribution in [2.75, 3.05) is 13.2 Å². The van der Waals surface area contributed by atoms with Gasteiger partial charge in [-0.25, -0.2) is 0 Å². The van der Waals surface area contributed by atoms with Crippen LogP contribution in [0.2, 0.25) is 0 Å². The lowest BCUT2D eigenvalue weighted by Crippen LogP contribution is -2.42. The summed E-state index contributed by atoms with van der Waals surface area (Å²) in [4.78, 5) is 11.3. The Morgan fingerprint density at radius 3 is 2.60 bits per heavy atom. The third-order valence-electron chi connectivity index (χ3n) is 2.47. The normalized spacial score (nSPS) is 17.9. The van der Waals surface area contributed by atoms with Crippen molar-refractivity contribution in [1.82, 2.24) is 10.6 Å². The SMILES string of the molecule is CC(C)CC(CO)NCC(=O)NC1CC1. The zero-order valence-corrected chi connectivity index (χ0v) is 9.62. The van der Waals surface area contributed by atoms with E-state index in [0.29, 0.717) is 18.5 Å². The number of hydrogen-bond acceptors (Lipinski definition) is 3. The maximum Gasteiger partial charge on any atom is 0.234 e. The zero-order chi connectivity index (χ0) is 11.3. The van der Waals surface area contributed by atoms with Crippen molar-refractivity contribution in [2.24, 2.45) is 5.92 Å². The molecule has 4 nitrogen and oxygen atoms in total. The molecule has 3 N–H and O–H groups in total. The standard InChI is InChI=1S/C11H22N2O2/c1-8(2)5-10(7-14)12-6-11(15)13-9-3-4-9/h8-10,12,14H,3-7H2,1-2H3,(H,13,15). The van der Waals surface area contributed by atoms with Gasteiger partial charge < -0.3 is 15.7 Å². The first-order valence-electron chi connectivity index (χ1n) is 5.75. The van der Waals surface area contributed by atoms with Crippen molar-refractivity contribution in [3.63, 3.8) is 0 Å². The van der Waals surface area contributed by atoms with Gasteiger partial charge in [-0.15, -0.1) is 0 Å². The van der Waals surface area contributed by atoms with Crippen LogP contribution >= 0.6 is 0 Å². The molecule has 1 aliphatic rings. The maximum absolute atomic E-state index is 11.3. The smallest absolute Gasteiger partial charge is 0.234 e. The Labute approximate surface area is 91.4 Å². The maximum atomic E-state index is 11.3. The molecule has 0 heterocycles. The highest BCUT2D eigenvalue weighted by Gasteiger charge is 2.23. The molecule has 0 bridgehead atoms. The van der Waals surface area contributed by atoms with E-state index in [1.165, 1.54) is 0 Å². The van der Waals surface area contributed by atoms with E-state index in [4.69, 9.17) is 5.11 Å². The highest BCUT2D eigenvalue weighted by Crippen LogP contribution is 2.18. The average molecular weight is 214 g/mol. The van der Waals surface area contributed by atoms with Gasteiger partial charge in [0.1, 0.15) is 0 Å². The van der Waals surface area contributed by atoms with Crippen LogP contribution in [-0.2, 0) is 4.79 Å². The van der Waals surface area contributed by atoms with Crippen molar-refractivity contribution >= 4 is 5.91 Å². The summed E-state index contributed by atoms with van der Waals surface area (Å²) in [5.74, 6) is 0.570. The van der Waals surface area contributed by atoms with Crippen molar-refractivity contribution in [3.05, 3.63) is 0 Å². The summed E-state index contributed by atoms with van der Waals surface area (Å²) < 4.78 is 0. The predicted molar refractivity (Wildman–Crippen MR) is 59.5 cm³/mol. The van der Waals surface area contributed by atoms with E-state index < -0.39 is 0 Å². The Balaban J connectivity index is 2.11. The molecule has 1 rings (SSSR count). The summed E-state index contributed by atoms with van der Waals surface area (Å²) in [6.07, 6.45) is 3.12. The topological polar surface area (TPSA) is 61.4 Å². The Bertz CT molecular complexity index is 203.